The van der Waals surface area contributed by atoms with Gasteiger partial charge < -0.3 is 20.1 Å². The van der Waals surface area contributed by atoms with E-state index < -0.39 is 10.0 Å². The third-order valence-electron chi connectivity index (χ3n) is 4.53. The maximum absolute atomic E-state index is 13.0. The molecule has 2 saturated heterocycles. The number of morpholine rings is 1. The normalized spacial score (nSPS) is 20.7. The first-order valence-corrected chi connectivity index (χ1v) is 10.3. The van der Waals surface area contributed by atoms with Gasteiger partial charge in [-0.3, -0.25) is 4.79 Å². The van der Waals surface area contributed by atoms with Gasteiger partial charge >= 0.3 is 0 Å². The second kappa shape index (κ2) is 9.70. The third kappa shape index (κ3) is 5.11. The number of nitrogens with zero attached hydrogens (tertiary/aromatic N) is 1. The Balaban J connectivity index is 0.00000261. The molecule has 0 spiro atoms. The van der Waals surface area contributed by atoms with Crippen LogP contribution in [-0.2, 0) is 19.6 Å². The predicted molar refractivity (Wildman–Crippen MR) is 104 cm³/mol. The number of nitrogens with one attached hydrogen (secondary N) is 2. The molecule has 1 aromatic rings. The van der Waals surface area contributed by atoms with Gasteiger partial charge in [-0.05, 0) is 38.1 Å². The van der Waals surface area contributed by atoms with Crippen LogP contribution in [0.3, 0.4) is 0 Å². The molecule has 2 N–H and O–H groups in total. The highest BCUT2D eigenvalue weighted by atomic mass is 35.5. The molecule has 2 heterocycles. The van der Waals surface area contributed by atoms with E-state index in [0.717, 1.165) is 13.0 Å². The van der Waals surface area contributed by atoms with Crippen molar-refractivity contribution in [3.05, 3.63) is 18.2 Å². The third-order valence-corrected chi connectivity index (χ3v) is 6.45. The summed E-state index contributed by atoms with van der Waals surface area (Å²) in [5, 5.41) is 5.97. The van der Waals surface area contributed by atoms with Crippen LogP contribution in [0.5, 0.6) is 5.75 Å². The maximum Gasteiger partial charge on any atom is 0.246 e. The lowest BCUT2D eigenvalue weighted by Crippen LogP contribution is -2.40. The predicted octanol–water partition coefficient (Wildman–Crippen LogP) is 1.08. The number of sulfonamides is 1. The Morgan fingerprint density at radius 3 is 2.74 bits per heavy atom. The smallest absolute Gasteiger partial charge is 0.246 e. The number of anilines is 1. The van der Waals surface area contributed by atoms with Crippen LogP contribution in [0.15, 0.2) is 23.1 Å². The van der Waals surface area contributed by atoms with Gasteiger partial charge in [-0.2, -0.15) is 4.31 Å². The van der Waals surface area contributed by atoms with Crippen LogP contribution in [0.1, 0.15) is 13.3 Å². The first-order valence-electron chi connectivity index (χ1n) is 8.88. The summed E-state index contributed by atoms with van der Waals surface area (Å²) in [6, 6.07) is 4.75. The maximum atomic E-state index is 13.0. The van der Waals surface area contributed by atoms with Crippen LogP contribution in [0, 0.1) is 5.92 Å². The van der Waals surface area contributed by atoms with Gasteiger partial charge in [-0.15, -0.1) is 12.4 Å². The fourth-order valence-electron chi connectivity index (χ4n) is 3.11. The number of hydrogen-bond acceptors (Lipinski definition) is 6. The Hall–Kier alpha value is -1.39. The number of amides is 1. The number of ether oxygens (including phenoxy) is 2. The fourth-order valence-corrected chi connectivity index (χ4v) is 4.68. The molecule has 152 valence electrons. The molecule has 8 nitrogen and oxygen atoms in total. The minimum absolute atomic E-state index is 0. The number of halogens is 1. The van der Waals surface area contributed by atoms with Crippen LogP contribution >= 0.6 is 12.4 Å². The van der Waals surface area contributed by atoms with Crippen molar-refractivity contribution < 1.29 is 22.7 Å². The minimum atomic E-state index is -3.73. The van der Waals surface area contributed by atoms with E-state index in [2.05, 4.69) is 10.6 Å². The molecule has 10 heteroatoms. The van der Waals surface area contributed by atoms with Crippen molar-refractivity contribution in [2.75, 3.05) is 51.3 Å². The van der Waals surface area contributed by atoms with Crippen LogP contribution in [0.2, 0.25) is 0 Å². The molecule has 1 unspecified atom stereocenters. The van der Waals surface area contributed by atoms with Crippen molar-refractivity contribution in [3.63, 3.8) is 0 Å². The molecule has 0 bridgehead atoms. The summed E-state index contributed by atoms with van der Waals surface area (Å²) < 4.78 is 38.2. The zero-order valence-corrected chi connectivity index (χ0v) is 16.9. The van der Waals surface area contributed by atoms with Crippen LogP contribution < -0.4 is 15.4 Å². The Labute approximate surface area is 166 Å². The lowest BCUT2D eigenvalue weighted by Gasteiger charge is -2.27. The fraction of sp³-hybridized carbons (Fsp3) is 0.588. The van der Waals surface area contributed by atoms with E-state index in [0.29, 0.717) is 50.9 Å². The topological polar surface area (TPSA) is 97.0 Å². The van der Waals surface area contributed by atoms with Gasteiger partial charge in [0.05, 0.1) is 25.7 Å². The van der Waals surface area contributed by atoms with E-state index in [1.807, 2.05) is 0 Å². The summed E-state index contributed by atoms with van der Waals surface area (Å²) in [5.74, 6) is 0.0919. The molecule has 1 atom stereocenters. The summed E-state index contributed by atoms with van der Waals surface area (Å²) in [6.07, 6.45) is 0.780. The summed E-state index contributed by atoms with van der Waals surface area (Å²) in [7, 11) is -3.73. The van der Waals surface area contributed by atoms with Crippen molar-refractivity contribution in [2.24, 2.45) is 5.92 Å². The van der Waals surface area contributed by atoms with E-state index in [-0.39, 0.29) is 29.1 Å². The SMILES string of the molecule is CCOc1ccc(NC(=O)C2CCNC2)cc1S(=O)(=O)N1CCOCC1.Cl. The Morgan fingerprint density at radius 1 is 1.37 bits per heavy atom. The second-order valence-corrected chi connectivity index (χ2v) is 8.20. The second-order valence-electron chi connectivity index (χ2n) is 6.29. The molecule has 2 aliphatic heterocycles. The lowest BCUT2D eigenvalue weighted by atomic mass is 10.1. The van der Waals surface area contributed by atoms with E-state index in [9.17, 15) is 13.2 Å². The Morgan fingerprint density at radius 2 is 2.11 bits per heavy atom. The molecule has 2 aliphatic rings. The van der Waals surface area contributed by atoms with E-state index in [1.54, 1.807) is 19.1 Å². The molecular formula is C17H26ClN3O5S. The van der Waals surface area contributed by atoms with E-state index in [4.69, 9.17) is 9.47 Å². The van der Waals surface area contributed by atoms with Crippen molar-refractivity contribution in [3.8, 4) is 5.75 Å². The number of rotatable bonds is 6. The van der Waals surface area contributed by atoms with Crippen molar-refractivity contribution in [1.29, 1.82) is 0 Å². The molecular weight excluding hydrogens is 394 g/mol. The molecule has 2 fully saturated rings. The van der Waals surface area contributed by atoms with Gasteiger partial charge in [0.1, 0.15) is 10.6 Å². The number of hydrogen-bond donors (Lipinski definition) is 2. The molecule has 1 aromatic carbocycles. The van der Waals surface area contributed by atoms with E-state index in [1.165, 1.54) is 10.4 Å². The summed E-state index contributed by atoms with van der Waals surface area (Å²) in [6.45, 7) is 4.96. The monoisotopic (exact) mass is 419 g/mol. The van der Waals surface area contributed by atoms with Gasteiger partial charge in [0.25, 0.3) is 0 Å². The van der Waals surface area contributed by atoms with Gasteiger partial charge in [0.15, 0.2) is 0 Å². The molecule has 0 radical (unpaired) electrons. The van der Waals surface area contributed by atoms with Crippen molar-refractivity contribution in [2.45, 2.75) is 18.2 Å². The summed E-state index contributed by atoms with van der Waals surface area (Å²) in [5.41, 5.74) is 0.456. The highest BCUT2D eigenvalue weighted by Crippen LogP contribution is 2.30. The van der Waals surface area contributed by atoms with Crippen molar-refractivity contribution >= 4 is 34.0 Å². The zero-order valence-electron chi connectivity index (χ0n) is 15.3. The van der Waals surface area contributed by atoms with Crippen LogP contribution in [0.25, 0.3) is 0 Å². The first-order chi connectivity index (χ1) is 12.5. The summed E-state index contributed by atoms with van der Waals surface area (Å²) in [4.78, 5) is 12.4. The van der Waals surface area contributed by atoms with Crippen molar-refractivity contribution in [1.82, 2.24) is 9.62 Å². The molecule has 0 saturated carbocycles. The minimum Gasteiger partial charge on any atom is -0.492 e. The molecule has 1 amide bonds. The Kier molecular flexibility index (Phi) is 7.87. The average molecular weight is 420 g/mol. The molecule has 3 rings (SSSR count). The standard InChI is InChI=1S/C17H25N3O5S.ClH/c1-2-25-15-4-3-14(19-17(21)13-5-6-18-12-13)11-16(15)26(22,23)20-7-9-24-10-8-20;/h3-4,11,13,18H,2,5-10,12H2,1H3,(H,19,21);1H. The lowest BCUT2D eigenvalue weighted by molar-refractivity contribution is -0.119. The van der Waals surface area contributed by atoms with Gasteiger partial charge in [0.2, 0.25) is 15.9 Å². The first kappa shape index (κ1) is 21.9. The van der Waals surface area contributed by atoms with E-state index >= 15 is 0 Å². The molecule has 0 aromatic heterocycles. The number of benzene rings is 1. The quantitative estimate of drug-likeness (QED) is 0.716. The molecule has 0 aliphatic carbocycles. The highest BCUT2D eigenvalue weighted by Gasteiger charge is 2.30. The highest BCUT2D eigenvalue weighted by molar-refractivity contribution is 7.89. The number of carbonyl (C=O) groups excluding carboxylic acids is 1. The van der Waals surface area contributed by atoms with Gasteiger partial charge in [-0.25, -0.2) is 8.42 Å². The average Bonchev–Trinajstić information content (AvgIpc) is 3.19. The number of carbonyl (C=O) groups is 1. The summed E-state index contributed by atoms with van der Waals surface area (Å²) >= 11 is 0. The largest absolute Gasteiger partial charge is 0.492 e. The zero-order chi connectivity index (χ0) is 18.6. The van der Waals surface area contributed by atoms with Crippen LogP contribution in [0.4, 0.5) is 5.69 Å². The van der Waals surface area contributed by atoms with Crippen LogP contribution in [-0.4, -0.2) is 64.6 Å². The van der Waals surface area contributed by atoms with Gasteiger partial charge in [0, 0.05) is 25.3 Å². The van der Waals surface area contributed by atoms with Gasteiger partial charge in [-0.1, -0.05) is 0 Å². The molecule has 27 heavy (non-hydrogen) atoms. The Bertz CT molecular complexity index is 747.